The molecule has 1 atom stereocenters. The average molecular weight is 285 g/mol. The smallest absolute Gasteiger partial charge is 0.121 e. The predicted octanol–water partition coefficient (Wildman–Crippen LogP) is 3.02. The number of aromatic nitrogens is 2. The van der Waals surface area contributed by atoms with Crippen molar-refractivity contribution < 1.29 is 4.74 Å². The monoisotopic (exact) mass is 285 g/mol. The summed E-state index contributed by atoms with van der Waals surface area (Å²) in [4.78, 5) is 5.05. The first-order valence-electron chi connectivity index (χ1n) is 8.04. The molecule has 2 aliphatic rings. The lowest BCUT2D eigenvalue weighted by atomic mass is 9.83. The predicted molar refractivity (Wildman–Crippen MR) is 84.0 cm³/mol. The van der Waals surface area contributed by atoms with Gasteiger partial charge in [0.15, 0.2) is 0 Å². The van der Waals surface area contributed by atoms with Gasteiger partial charge in [-0.15, -0.1) is 0 Å². The second kappa shape index (κ2) is 4.73. The lowest BCUT2D eigenvalue weighted by Crippen LogP contribution is -2.31. The van der Waals surface area contributed by atoms with E-state index >= 15 is 0 Å². The molecule has 1 aromatic carbocycles. The molecule has 2 fully saturated rings. The number of imidazole rings is 1. The van der Waals surface area contributed by atoms with Crippen LogP contribution in [0, 0.1) is 0 Å². The van der Waals surface area contributed by atoms with Gasteiger partial charge in [0.05, 0.1) is 18.1 Å². The molecule has 2 aromatic rings. The van der Waals surface area contributed by atoms with Gasteiger partial charge in [-0.1, -0.05) is 6.92 Å². The number of methoxy groups -OCH3 is 1. The normalized spacial score (nSPS) is 25.6. The van der Waals surface area contributed by atoms with Crippen LogP contribution >= 0.6 is 0 Å². The van der Waals surface area contributed by atoms with Crippen molar-refractivity contribution in [3.8, 4) is 5.75 Å². The Kier molecular flexibility index (Phi) is 2.96. The van der Waals surface area contributed by atoms with Crippen LogP contribution in [-0.4, -0.2) is 29.8 Å². The maximum atomic E-state index is 5.36. The van der Waals surface area contributed by atoms with Gasteiger partial charge in [-0.05, 0) is 44.4 Å². The number of benzene rings is 1. The van der Waals surface area contributed by atoms with E-state index in [1.165, 1.54) is 30.6 Å². The van der Waals surface area contributed by atoms with E-state index in [9.17, 15) is 0 Å². The van der Waals surface area contributed by atoms with E-state index in [0.29, 0.717) is 6.04 Å². The van der Waals surface area contributed by atoms with Gasteiger partial charge < -0.3 is 14.6 Å². The van der Waals surface area contributed by atoms with Crippen LogP contribution in [0.1, 0.15) is 44.5 Å². The largest absolute Gasteiger partial charge is 0.497 e. The molecule has 1 aromatic heterocycles. The number of rotatable bonds is 4. The van der Waals surface area contributed by atoms with E-state index in [0.717, 1.165) is 30.8 Å². The van der Waals surface area contributed by atoms with Gasteiger partial charge in [-0.25, -0.2) is 4.98 Å². The lowest BCUT2D eigenvalue weighted by Gasteiger charge is -2.27. The second-order valence-corrected chi connectivity index (χ2v) is 6.45. The molecule has 1 unspecified atom stereocenters. The van der Waals surface area contributed by atoms with E-state index < -0.39 is 0 Å². The van der Waals surface area contributed by atoms with Crippen molar-refractivity contribution >= 4 is 11.0 Å². The Bertz CT molecular complexity index is 666. The van der Waals surface area contributed by atoms with Crippen LogP contribution in [0.3, 0.4) is 0 Å². The van der Waals surface area contributed by atoms with Crippen LogP contribution in [0.15, 0.2) is 18.2 Å². The highest BCUT2D eigenvalue weighted by atomic mass is 16.5. The standard InChI is InChI=1S/C17H23N3O/c1-3-17(8-9-18-11-17)16-19-14-10-13(21-2)6-7-15(14)20(16)12-4-5-12/h6-7,10,12,18H,3-5,8-9,11H2,1-2H3. The summed E-state index contributed by atoms with van der Waals surface area (Å²) in [6.45, 7) is 4.45. The van der Waals surface area contributed by atoms with Crippen LogP contribution in [0.5, 0.6) is 5.75 Å². The van der Waals surface area contributed by atoms with E-state index in [-0.39, 0.29) is 5.41 Å². The summed E-state index contributed by atoms with van der Waals surface area (Å²) in [6, 6.07) is 6.96. The highest BCUT2D eigenvalue weighted by Gasteiger charge is 2.41. The third-order valence-corrected chi connectivity index (χ3v) is 5.20. The van der Waals surface area contributed by atoms with Crippen LogP contribution < -0.4 is 10.1 Å². The molecule has 4 heteroatoms. The summed E-state index contributed by atoms with van der Waals surface area (Å²) in [5, 5.41) is 3.54. The Morgan fingerprint density at radius 1 is 1.43 bits per heavy atom. The summed E-state index contributed by atoms with van der Waals surface area (Å²) in [6.07, 6.45) is 4.92. The number of nitrogens with zero attached hydrogens (tertiary/aromatic N) is 2. The minimum atomic E-state index is 0.203. The van der Waals surface area contributed by atoms with Crippen LogP contribution in [0.25, 0.3) is 11.0 Å². The Hall–Kier alpha value is -1.55. The molecule has 1 aliphatic carbocycles. The van der Waals surface area contributed by atoms with Gasteiger partial charge in [0.2, 0.25) is 0 Å². The van der Waals surface area contributed by atoms with Gasteiger partial charge in [0.1, 0.15) is 11.6 Å². The molecule has 0 amide bonds. The average Bonchev–Trinajstić information content (AvgIpc) is 3.12. The Morgan fingerprint density at radius 3 is 2.90 bits per heavy atom. The van der Waals surface area contributed by atoms with Gasteiger partial charge in [-0.3, -0.25) is 0 Å². The first-order chi connectivity index (χ1) is 10.3. The molecular formula is C17H23N3O. The quantitative estimate of drug-likeness (QED) is 0.938. The molecule has 1 saturated carbocycles. The van der Waals surface area contributed by atoms with Crippen LogP contribution in [0.4, 0.5) is 0 Å². The highest BCUT2D eigenvalue weighted by Crippen LogP contribution is 2.44. The summed E-state index contributed by atoms with van der Waals surface area (Å²) in [5.41, 5.74) is 2.55. The van der Waals surface area contributed by atoms with Crippen molar-refractivity contribution in [1.82, 2.24) is 14.9 Å². The number of hydrogen-bond acceptors (Lipinski definition) is 3. The molecule has 4 rings (SSSR count). The summed E-state index contributed by atoms with van der Waals surface area (Å²) >= 11 is 0. The van der Waals surface area contributed by atoms with Gasteiger partial charge >= 0.3 is 0 Å². The fourth-order valence-corrected chi connectivity index (χ4v) is 3.68. The third-order valence-electron chi connectivity index (χ3n) is 5.20. The van der Waals surface area contributed by atoms with Crippen LogP contribution in [0.2, 0.25) is 0 Å². The summed E-state index contributed by atoms with van der Waals surface area (Å²) in [7, 11) is 1.72. The van der Waals surface area contributed by atoms with E-state index in [1.807, 2.05) is 0 Å². The molecule has 1 N–H and O–H groups in total. The minimum absolute atomic E-state index is 0.203. The maximum Gasteiger partial charge on any atom is 0.121 e. The topological polar surface area (TPSA) is 39.1 Å². The fourth-order valence-electron chi connectivity index (χ4n) is 3.68. The maximum absolute atomic E-state index is 5.36. The molecule has 21 heavy (non-hydrogen) atoms. The van der Waals surface area contributed by atoms with Gasteiger partial charge in [0.25, 0.3) is 0 Å². The minimum Gasteiger partial charge on any atom is -0.497 e. The molecule has 0 radical (unpaired) electrons. The first-order valence-corrected chi connectivity index (χ1v) is 8.04. The SMILES string of the molecule is CCC1(c2nc3cc(OC)ccc3n2C2CC2)CCNC1. The van der Waals surface area contributed by atoms with E-state index in [4.69, 9.17) is 9.72 Å². The van der Waals surface area contributed by atoms with E-state index in [1.54, 1.807) is 7.11 Å². The van der Waals surface area contributed by atoms with Crippen molar-refractivity contribution in [3.63, 3.8) is 0 Å². The number of ether oxygens (including phenoxy) is 1. The summed E-state index contributed by atoms with van der Waals surface area (Å²) in [5.74, 6) is 2.19. The molecule has 1 saturated heterocycles. The first kappa shape index (κ1) is 13.1. The van der Waals surface area contributed by atoms with Gasteiger partial charge in [-0.2, -0.15) is 0 Å². The van der Waals surface area contributed by atoms with E-state index in [2.05, 4.69) is 35.0 Å². The Balaban J connectivity index is 1.92. The molecule has 112 valence electrons. The molecule has 2 heterocycles. The highest BCUT2D eigenvalue weighted by molar-refractivity contribution is 5.78. The summed E-state index contributed by atoms with van der Waals surface area (Å²) < 4.78 is 7.88. The molecular weight excluding hydrogens is 262 g/mol. The molecule has 1 aliphatic heterocycles. The van der Waals surface area contributed by atoms with Crippen LogP contribution in [-0.2, 0) is 5.41 Å². The number of nitrogens with one attached hydrogen (secondary N) is 1. The number of fused-ring (bicyclic) bond motifs is 1. The van der Waals surface area contributed by atoms with Crippen molar-refractivity contribution in [3.05, 3.63) is 24.0 Å². The zero-order chi connectivity index (χ0) is 14.4. The lowest BCUT2D eigenvalue weighted by molar-refractivity contribution is 0.406. The van der Waals surface area contributed by atoms with Crippen molar-refractivity contribution in [2.24, 2.45) is 0 Å². The Labute approximate surface area is 125 Å². The van der Waals surface area contributed by atoms with Gasteiger partial charge in [0, 0.05) is 24.1 Å². The third kappa shape index (κ3) is 1.96. The zero-order valence-corrected chi connectivity index (χ0v) is 12.9. The fraction of sp³-hybridized carbons (Fsp3) is 0.588. The molecule has 4 nitrogen and oxygen atoms in total. The molecule has 0 bridgehead atoms. The molecule has 0 spiro atoms. The van der Waals surface area contributed by atoms with Crippen molar-refractivity contribution in [2.45, 2.75) is 44.1 Å². The Morgan fingerprint density at radius 2 is 2.29 bits per heavy atom. The second-order valence-electron chi connectivity index (χ2n) is 6.45. The number of hydrogen-bond donors (Lipinski definition) is 1. The van der Waals surface area contributed by atoms with Crippen molar-refractivity contribution in [2.75, 3.05) is 20.2 Å². The van der Waals surface area contributed by atoms with Crippen molar-refractivity contribution in [1.29, 1.82) is 0 Å². The zero-order valence-electron chi connectivity index (χ0n) is 12.9.